The molecule has 122 valence electrons. The lowest BCUT2D eigenvalue weighted by Gasteiger charge is -2.05. The molecule has 1 aromatic carbocycles. The molecule has 0 saturated heterocycles. The number of hydrogen-bond acceptors (Lipinski definition) is 6. The van der Waals surface area contributed by atoms with Gasteiger partial charge in [0.1, 0.15) is 12.2 Å². The molecular weight excluding hydrogens is 310 g/mol. The first kappa shape index (κ1) is 15.7. The van der Waals surface area contributed by atoms with Gasteiger partial charge in [-0.25, -0.2) is 9.59 Å². The van der Waals surface area contributed by atoms with Gasteiger partial charge in [0.2, 0.25) is 5.76 Å². The van der Waals surface area contributed by atoms with Crippen molar-refractivity contribution in [3.63, 3.8) is 0 Å². The summed E-state index contributed by atoms with van der Waals surface area (Å²) in [5, 5.41) is 0.711. The zero-order valence-corrected chi connectivity index (χ0v) is 13.0. The van der Waals surface area contributed by atoms with Gasteiger partial charge in [0.15, 0.2) is 0 Å². The third-order valence-corrected chi connectivity index (χ3v) is 3.42. The molecule has 0 aliphatic rings. The quantitative estimate of drug-likeness (QED) is 0.669. The van der Waals surface area contributed by atoms with Gasteiger partial charge >= 0.3 is 11.9 Å². The monoisotopic (exact) mass is 325 g/mol. The van der Waals surface area contributed by atoms with Crippen LogP contribution in [0.5, 0.6) is 0 Å². The Bertz CT molecular complexity index is 870. The summed E-state index contributed by atoms with van der Waals surface area (Å²) >= 11 is 0. The Kier molecular flexibility index (Phi) is 4.56. The van der Waals surface area contributed by atoms with E-state index < -0.39 is 11.9 Å². The van der Waals surface area contributed by atoms with E-state index in [1.807, 2.05) is 6.07 Å². The normalized spacial score (nSPS) is 10.5. The minimum atomic E-state index is -0.580. The van der Waals surface area contributed by atoms with Crippen LogP contribution in [0, 0.1) is 0 Å². The first-order chi connectivity index (χ1) is 11.7. The minimum Gasteiger partial charge on any atom is -0.460 e. The van der Waals surface area contributed by atoms with Crippen molar-refractivity contribution in [1.29, 1.82) is 0 Å². The largest absolute Gasteiger partial charge is 0.460 e. The molecule has 0 amide bonds. The van der Waals surface area contributed by atoms with Crippen LogP contribution in [0.25, 0.3) is 11.0 Å². The number of para-hydroxylation sites is 1. The maximum Gasteiger partial charge on any atom is 0.374 e. The van der Waals surface area contributed by atoms with Crippen LogP contribution in [0.2, 0.25) is 0 Å². The molecule has 0 radical (unpaired) electrons. The number of carbonyl (C=O) groups excluding carboxylic acids is 2. The van der Waals surface area contributed by atoms with Gasteiger partial charge in [-0.15, -0.1) is 0 Å². The predicted octanol–water partition coefficient (Wildman–Crippen LogP) is 3.36. The molecule has 0 atom stereocenters. The number of ether oxygens (including phenoxy) is 2. The highest BCUT2D eigenvalue weighted by Gasteiger charge is 2.22. The van der Waals surface area contributed by atoms with E-state index >= 15 is 0 Å². The highest BCUT2D eigenvalue weighted by Crippen LogP contribution is 2.27. The van der Waals surface area contributed by atoms with Crippen molar-refractivity contribution < 1.29 is 23.5 Å². The summed E-state index contributed by atoms with van der Waals surface area (Å²) in [6, 6.07) is 10.3. The zero-order chi connectivity index (χ0) is 16.9. The highest BCUT2D eigenvalue weighted by molar-refractivity contribution is 5.96. The first-order valence-electron chi connectivity index (χ1n) is 7.45. The maximum atomic E-state index is 12.1. The van der Waals surface area contributed by atoms with Crippen molar-refractivity contribution in [2.45, 2.75) is 13.5 Å². The molecule has 0 aliphatic carbocycles. The molecule has 6 heteroatoms. The molecule has 6 nitrogen and oxygen atoms in total. The number of aromatic nitrogens is 1. The topological polar surface area (TPSA) is 78.6 Å². The number of esters is 2. The number of fused-ring (bicyclic) bond motifs is 1. The predicted molar refractivity (Wildman–Crippen MR) is 85.5 cm³/mol. The standard InChI is InChI=1S/C18H15NO5/c1-2-22-18(21)16-14(13-5-3-4-6-15(13)24-16)11-23-17(20)12-7-9-19-10-8-12/h3-10H,2,11H2,1H3. The van der Waals surface area contributed by atoms with Crippen LogP contribution in [0.3, 0.4) is 0 Å². The Hall–Kier alpha value is -3.15. The summed E-state index contributed by atoms with van der Waals surface area (Å²) in [4.78, 5) is 28.0. The number of furan rings is 1. The van der Waals surface area contributed by atoms with E-state index in [0.29, 0.717) is 22.1 Å². The Morgan fingerprint density at radius 3 is 2.54 bits per heavy atom. The molecule has 0 N–H and O–H groups in total. The third-order valence-electron chi connectivity index (χ3n) is 3.42. The highest BCUT2D eigenvalue weighted by atomic mass is 16.5. The Balaban J connectivity index is 1.88. The van der Waals surface area contributed by atoms with Crippen molar-refractivity contribution in [2.24, 2.45) is 0 Å². The summed E-state index contributed by atoms with van der Waals surface area (Å²) < 4.78 is 15.9. The van der Waals surface area contributed by atoms with Gasteiger partial charge in [0.25, 0.3) is 0 Å². The van der Waals surface area contributed by atoms with Crippen molar-refractivity contribution >= 4 is 22.9 Å². The van der Waals surface area contributed by atoms with Crippen LogP contribution >= 0.6 is 0 Å². The van der Waals surface area contributed by atoms with E-state index in [-0.39, 0.29) is 19.0 Å². The molecule has 24 heavy (non-hydrogen) atoms. The van der Waals surface area contributed by atoms with Gasteiger partial charge < -0.3 is 13.9 Å². The van der Waals surface area contributed by atoms with Crippen molar-refractivity contribution in [2.75, 3.05) is 6.61 Å². The van der Waals surface area contributed by atoms with Crippen LogP contribution in [0.1, 0.15) is 33.4 Å². The Morgan fingerprint density at radius 1 is 1.04 bits per heavy atom. The smallest absolute Gasteiger partial charge is 0.374 e. The fourth-order valence-electron chi connectivity index (χ4n) is 2.31. The van der Waals surface area contributed by atoms with Crippen LogP contribution < -0.4 is 0 Å². The summed E-state index contributed by atoms with van der Waals surface area (Å²) in [5.41, 5.74) is 1.41. The molecule has 2 aromatic heterocycles. The molecule has 0 spiro atoms. The number of hydrogen-bond donors (Lipinski definition) is 0. The molecule has 2 heterocycles. The molecule has 3 aromatic rings. The van der Waals surface area contributed by atoms with Gasteiger partial charge in [-0.1, -0.05) is 18.2 Å². The molecule has 0 bridgehead atoms. The number of carbonyl (C=O) groups is 2. The Morgan fingerprint density at radius 2 is 1.79 bits per heavy atom. The van der Waals surface area contributed by atoms with Crippen molar-refractivity contribution in [3.8, 4) is 0 Å². The van der Waals surface area contributed by atoms with Gasteiger partial charge in [-0.2, -0.15) is 0 Å². The second-order valence-electron chi connectivity index (χ2n) is 4.94. The Labute approximate surface area is 138 Å². The zero-order valence-electron chi connectivity index (χ0n) is 13.0. The van der Waals surface area contributed by atoms with Crippen LogP contribution in [-0.2, 0) is 16.1 Å². The maximum absolute atomic E-state index is 12.1. The van der Waals surface area contributed by atoms with Crippen LogP contribution in [-0.4, -0.2) is 23.5 Å². The van der Waals surface area contributed by atoms with Gasteiger partial charge in [0.05, 0.1) is 17.7 Å². The van der Waals surface area contributed by atoms with Crippen LogP contribution in [0.15, 0.2) is 53.2 Å². The number of pyridine rings is 1. The van der Waals surface area contributed by atoms with Crippen LogP contribution in [0.4, 0.5) is 0 Å². The molecule has 0 aliphatic heterocycles. The van der Waals surface area contributed by atoms with Gasteiger partial charge in [-0.05, 0) is 25.1 Å². The molecule has 0 fully saturated rings. The average molecular weight is 325 g/mol. The SMILES string of the molecule is CCOC(=O)c1oc2ccccc2c1COC(=O)c1ccncc1. The van der Waals surface area contributed by atoms with Gasteiger partial charge in [0, 0.05) is 17.8 Å². The van der Waals surface area contributed by atoms with E-state index in [2.05, 4.69) is 4.98 Å². The number of rotatable bonds is 5. The van der Waals surface area contributed by atoms with E-state index in [9.17, 15) is 9.59 Å². The third kappa shape index (κ3) is 3.12. The molecule has 3 rings (SSSR count). The lowest BCUT2D eigenvalue weighted by molar-refractivity contribution is 0.0435. The summed E-state index contributed by atoms with van der Waals surface area (Å²) in [6.45, 7) is 1.85. The second-order valence-corrected chi connectivity index (χ2v) is 4.94. The van der Waals surface area contributed by atoms with E-state index in [0.717, 1.165) is 0 Å². The summed E-state index contributed by atoms with van der Waals surface area (Å²) in [7, 11) is 0. The van der Waals surface area contributed by atoms with Gasteiger partial charge in [-0.3, -0.25) is 4.98 Å². The fraction of sp³-hybridized carbons (Fsp3) is 0.167. The number of nitrogens with zero attached hydrogens (tertiary/aromatic N) is 1. The number of benzene rings is 1. The summed E-state index contributed by atoms with van der Waals surface area (Å²) in [5.74, 6) is -1.03. The molecular formula is C18H15NO5. The van der Waals surface area contributed by atoms with E-state index in [1.165, 1.54) is 12.4 Å². The van der Waals surface area contributed by atoms with Crippen molar-refractivity contribution in [1.82, 2.24) is 4.98 Å². The fourth-order valence-corrected chi connectivity index (χ4v) is 2.31. The van der Waals surface area contributed by atoms with E-state index in [1.54, 1.807) is 37.3 Å². The second kappa shape index (κ2) is 6.95. The lowest BCUT2D eigenvalue weighted by Crippen LogP contribution is -2.09. The van der Waals surface area contributed by atoms with Crippen molar-refractivity contribution in [3.05, 3.63) is 65.7 Å². The average Bonchev–Trinajstić information content (AvgIpc) is 2.99. The first-order valence-corrected chi connectivity index (χ1v) is 7.45. The van der Waals surface area contributed by atoms with E-state index in [4.69, 9.17) is 13.9 Å². The molecule has 0 saturated carbocycles. The molecule has 0 unspecified atom stereocenters. The summed E-state index contributed by atoms with van der Waals surface area (Å²) in [6.07, 6.45) is 3.02. The minimum absolute atomic E-state index is 0.0561. The lowest BCUT2D eigenvalue weighted by atomic mass is 10.1.